The van der Waals surface area contributed by atoms with Crippen LogP contribution < -0.4 is 4.72 Å². The molecule has 1 N–H and O–H groups in total. The molecule has 39 valence electrons. The molecule has 0 aromatic heterocycles. The third-order valence-corrected chi connectivity index (χ3v) is 0.945. The normalized spacial score (nSPS) is 7.43. The molecule has 0 rings (SSSR count). The molecule has 0 fully saturated rings. The van der Waals surface area contributed by atoms with Gasteiger partial charge < -0.3 is 0 Å². The molecule has 0 unspecified atom stereocenters. The summed E-state index contributed by atoms with van der Waals surface area (Å²) in [6.07, 6.45) is 3.22. The maximum atomic E-state index is 9.39. The summed E-state index contributed by atoms with van der Waals surface area (Å²) < 4.78 is 2.29. The van der Waals surface area contributed by atoms with Crippen LogP contribution >= 0.6 is 11.9 Å². The second-order valence-electron chi connectivity index (χ2n) is 0.804. The molecule has 2 nitrogen and oxygen atoms in total. The highest BCUT2D eigenvalue weighted by Gasteiger charge is 1.74. The summed E-state index contributed by atoms with van der Waals surface area (Å²) in [6, 6.07) is 0. The average molecular weight is 116 g/mol. The van der Waals surface area contributed by atoms with Crippen molar-refractivity contribution >= 4 is 18.4 Å². The molecule has 0 aromatic rings. The predicted octanol–water partition coefficient (Wildman–Crippen LogP) is 0.477. The zero-order chi connectivity index (χ0) is 5.54. The van der Waals surface area contributed by atoms with Crippen molar-refractivity contribution in [1.29, 1.82) is 0 Å². The van der Waals surface area contributed by atoms with Gasteiger partial charge in [-0.2, -0.15) is 0 Å². The van der Waals surface area contributed by atoms with Gasteiger partial charge in [0.05, 0.1) is 0 Å². The number of hydrogen-bond acceptors (Lipinski definition) is 2. The summed E-state index contributed by atoms with van der Waals surface area (Å²) in [5, 5.41) is 0. The van der Waals surface area contributed by atoms with Crippen LogP contribution in [0.25, 0.3) is 0 Å². The lowest BCUT2D eigenvalue weighted by molar-refractivity contribution is 0.554. The van der Waals surface area contributed by atoms with Crippen molar-refractivity contribution in [3.05, 3.63) is 12.7 Å². The fraction of sp³-hybridized carbons (Fsp3) is 0.250. The van der Waals surface area contributed by atoms with E-state index in [1.807, 2.05) is 0 Å². The van der Waals surface area contributed by atoms with Crippen molar-refractivity contribution < 1.29 is 4.79 Å². The zero-order valence-electron chi connectivity index (χ0n) is 3.81. The van der Waals surface area contributed by atoms with Crippen LogP contribution in [0.2, 0.25) is 0 Å². The number of hydrogen-bond donors (Lipinski definition) is 1. The van der Waals surface area contributed by atoms with Gasteiger partial charge in [0.1, 0.15) is 0 Å². The van der Waals surface area contributed by atoms with Gasteiger partial charge in [-0.3, -0.25) is 9.52 Å². The maximum Gasteiger partial charge on any atom is 0.320 e. The predicted molar refractivity (Wildman–Crippen MR) is 31.5 cm³/mol. The summed E-state index contributed by atoms with van der Waals surface area (Å²) >= 11 is 1.26. The van der Waals surface area contributed by atoms with E-state index in [4.69, 9.17) is 0 Å². The molecular weight excluding hydrogens is 110 g/mol. The first-order chi connectivity index (χ1) is 3.41. The SMILES string of the molecule is C=CCSN[C]=O. The number of rotatable bonds is 4. The molecule has 1 radical (unpaired) electrons. The van der Waals surface area contributed by atoms with E-state index in [1.54, 1.807) is 6.08 Å². The molecule has 0 spiro atoms. The number of amides is 1. The Morgan fingerprint density at radius 1 is 2.00 bits per heavy atom. The first-order valence-electron chi connectivity index (χ1n) is 1.76. The van der Waals surface area contributed by atoms with E-state index in [9.17, 15) is 4.79 Å². The number of nitrogens with one attached hydrogen (secondary N) is 1. The average Bonchev–Trinajstić information content (AvgIpc) is 1.69. The minimum atomic E-state index is 0.731. The van der Waals surface area contributed by atoms with Gasteiger partial charge in [-0.1, -0.05) is 6.08 Å². The van der Waals surface area contributed by atoms with Gasteiger partial charge in [0.25, 0.3) is 0 Å². The fourth-order valence-corrected chi connectivity index (χ4v) is 0.390. The molecular formula is C4H6NOS. The maximum absolute atomic E-state index is 9.39. The Morgan fingerprint density at radius 3 is 3.14 bits per heavy atom. The molecule has 0 saturated heterocycles. The van der Waals surface area contributed by atoms with Gasteiger partial charge in [-0.15, -0.1) is 6.58 Å². The van der Waals surface area contributed by atoms with Crippen LogP contribution in [0.4, 0.5) is 0 Å². The summed E-state index contributed by atoms with van der Waals surface area (Å²) in [5.74, 6) is 0.731. The standard InChI is InChI=1S/C4H6NOS/c1-2-3-7-5-4-6/h2H,1,3H2,(H,5,6). The fourth-order valence-electron chi connectivity index (χ4n) is 0.130. The lowest BCUT2D eigenvalue weighted by Crippen LogP contribution is -1.97. The Labute approximate surface area is 47.1 Å². The Hall–Kier alpha value is -0.440. The van der Waals surface area contributed by atoms with Gasteiger partial charge in [0.15, 0.2) is 0 Å². The largest absolute Gasteiger partial charge is 0.320 e. The van der Waals surface area contributed by atoms with E-state index in [0.29, 0.717) is 0 Å². The van der Waals surface area contributed by atoms with Crippen LogP contribution in [-0.4, -0.2) is 12.2 Å². The molecule has 0 saturated carbocycles. The second-order valence-corrected chi connectivity index (χ2v) is 1.63. The monoisotopic (exact) mass is 116 g/mol. The Kier molecular flexibility index (Phi) is 5.21. The van der Waals surface area contributed by atoms with Gasteiger partial charge in [0.2, 0.25) is 0 Å². The van der Waals surface area contributed by atoms with E-state index in [1.165, 1.54) is 18.4 Å². The Morgan fingerprint density at radius 2 is 2.71 bits per heavy atom. The third kappa shape index (κ3) is 5.56. The second kappa shape index (κ2) is 5.56. The minimum absolute atomic E-state index is 0.731. The summed E-state index contributed by atoms with van der Waals surface area (Å²) in [4.78, 5) is 9.39. The van der Waals surface area contributed by atoms with Crippen LogP contribution in [-0.2, 0) is 4.79 Å². The molecule has 7 heavy (non-hydrogen) atoms. The van der Waals surface area contributed by atoms with Gasteiger partial charge in [-0.25, -0.2) is 0 Å². The van der Waals surface area contributed by atoms with E-state index in [0.717, 1.165) is 5.75 Å². The smallest absolute Gasteiger partial charge is 0.291 e. The zero-order valence-corrected chi connectivity index (χ0v) is 4.62. The van der Waals surface area contributed by atoms with Crippen molar-refractivity contribution in [2.75, 3.05) is 5.75 Å². The van der Waals surface area contributed by atoms with Crippen LogP contribution in [0.15, 0.2) is 12.7 Å². The van der Waals surface area contributed by atoms with Crippen molar-refractivity contribution in [1.82, 2.24) is 4.72 Å². The van der Waals surface area contributed by atoms with Gasteiger partial charge >= 0.3 is 6.41 Å². The van der Waals surface area contributed by atoms with E-state index in [-0.39, 0.29) is 0 Å². The van der Waals surface area contributed by atoms with Gasteiger partial charge in [0, 0.05) is 5.75 Å². The van der Waals surface area contributed by atoms with Crippen LogP contribution in [0.5, 0.6) is 0 Å². The number of carbonyl (C=O) groups excluding carboxylic acids is 1. The summed E-state index contributed by atoms with van der Waals surface area (Å²) in [6.45, 7) is 3.44. The first-order valence-corrected chi connectivity index (χ1v) is 2.75. The highest BCUT2D eigenvalue weighted by atomic mass is 32.2. The molecule has 0 aromatic carbocycles. The molecule has 0 bridgehead atoms. The van der Waals surface area contributed by atoms with Crippen LogP contribution in [0.3, 0.4) is 0 Å². The van der Waals surface area contributed by atoms with Crippen LogP contribution in [0, 0.1) is 0 Å². The highest BCUT2D eigenvalue weighted by Crippen LogP contribution is 1.87. The molecule has 0 heterocycles. The summed E-state index contributed by atoms with van der Waals surface area (Å²) in [5.41, 5.74) is 0. The van der Waals surface area contributed by atoms with Crippen molar-refractivity contribution in [3.8, 4) is 0 Å². The van der Waals surface area contributed by atoms with Crippen molar-refractivity contribution in [2.45, 2.75) is 0 Å². The minimum Gasteiger partial charge on any atom is -0.291 e. The quantitative estimate of drug-likeness (QED) is 0.250. The Bertz CT molecular complexity index is 56.7. The lowest BCUT2D eigenvalue weighted by atomic mass is 10.8. The molecule has 3 heteroatoms. The first kappa shape index (κ1) is 6.56. The van der Waals surface area contributed by atoms with E-state index in [2.05, 4.69) is 11.3 Å². The topological polar surface area (TPSA) is 29.1 Å². The van der Waals surface area contributed by atoms with Crippen LogP contribution in [0.1, 0.15) is 0 Å². The molecule has 0 aliphatic rings. The third-order valence-electron chi connectivity index (χ3n) is 0.315. The summed E-state index contributed by atoms with van der Waals surface area (Å²) in [7, 11) is 0. The molecule has 1 amide bonds. The molecule has 0 atom stereocenters. The highest BCUT2D eigenvalue weighted by molar-refractivity contribution is 7.97. The Balaban J connectivity index is 2.68. The van der Waals surface area contributed by atoms with E-state index < -0.39 is 0 Å². The van der Waals surface area contributed by atoms with Crippen molar-refractivity contribution in [3.63, 3.8) is 0 Å². The van der Waals surface area contributed by atoms with Crippen molar-refractivity contribution in [2.24, 2.45) is 0 Å². The molecule has 0 aliphatic carbocycles. The van der Waals surface area contributed by atoms with E-state index >= 15 is 0 Å². The lowest BCUT2D eigenvalue weighted by Gasteiger charge is -1.85. The molecule has 0 aliphatic heterocycles. The van der Waals surface area contributed by atoms with Gasteiger partial charge in [-0.05, 0) is 11.9 Å².